The largest absolute Gasteiger partial charge is 0.334 e. The first kappa shape index (κ1) is 16.7. The van der Waals surface area contributed by atoms with Crippen LogP contribution in [0.4, 0.5) is 10.1 Å². The van der Waals surface area contributed by atoms with Crippen molar-refractivity contribution in [2.45, 2.75) is 23.8 Å². The number of para-hydroxylation sites is 1. The van der Waals surface area contributed by atoms with Gasteiger partial charge in [-0.25, -0.2) is 9.37 Å². The molecule has 0 atom stereocenters. The molecule has 0 unspecified atom stereocenters. The molecule has 1 aliphatic rings. The Labute approximate surface area is 153 Å². The van der Waals surface area contributed by atoms with Crippen molar-refractivity contribution in [3.63, 3.8) is 0 Å². The number of pyridine rings is 1. The van der Waals surface area contributed by atoms with Gasteiger partial charge in [-0.2, -0.15) is 4.98 Å². The van der Waals surface area contributed by atoms with Gasteiger partial charge in [-0.05, 0) is 37.1 Å². The first-order valence-electron chi connectivity index (χ1n) is 8.16. The number of amides is 1. The fraction of sp³-hybridized carbons (Fsp3) is 0.222. The highest BCUT2D eigenvalue weighted by molar-refractivity contribution is 7.99. The summed E-state index contributed by atoms with van der Waals surface area (Å²) in [6.07, 6.45) is 3.87. The molecule has 26 heavy (non-hydrogen) atoms. The molecule has 0 spiro atoms. The molecule has 6 nitrogen and oxygen atoms in total. The second-order valence-electron chi connectivity index (χ2n) is 5.93. The molecule has 132 valence electrons. The van der Waals surface area contributed by atoms with Crippen molar-refractivity contribution in [2.75, 3.05) is 11.1 Å². The number of hydrogen-bond acceptors (Lipinski definition) is 6. The first-order valence-corrected chi connectivity index (χ1v) is 9.15. The number of hydrogen-bond donors (Lipinski definition) is 1. The summed E-state index contributed by atoms with van der Waals surface area (Å²) in [5.41, 5.74) is 0.911. The maximum atomic E-state index is 13.5. The standard InChI is InChI=1S/C18H15FN4O2S/c19-13-3-1-2-4-14(13)21-15(24)10-26-16-8-7-12(9-20-16)18-22-17(23-25-18)11-5-6-11/h1-4,7-9,11H,5-6,10H2,(H,21,24). The molecule has 1 saturated carbocycles. The van der Waals surface area contributed by atoms with Crippen LogP contribution in [0.5, 0.6) is 0 Å². The number of carbonyl (C=O) groups is 1. The fourth-order valence-corrected chi connectivity index (χ4v) is 2.98. The van der Waals surface area contributed by atoms with Gasteiger partial charge in [-0.15, -0.1) is 0 Å². The third-order valence-electron chi connectivity index (χ3n) is 3.87. The van der Waals surface area contributed by atoms with Crippen molar-refractivity contribution in [3.05, 3.63) is 54.2 Å². The summed E-state index contributed by atoms with van der Waals surface area (Å²) in [7, 11) is 0. The van der Waals surface area contributed by atoms with E-state index in [2.05, 4.69) is 20.4 Å². The Bertz CT molecular complexity index is 925. The zero-order chi connectivity index (χ0) is 17.9. The average molecular weight is 370 g/mol. The highest BCUT2D eigenvalue weighted by atomic mass is 32.2. The number of halogens is 1. The maximum Gasteiger partial charge on any atom is 0.259 e. The highest BCUT2D eigenvalue weighted by Crippen LogP contribution is 2.38. The summed E-state index contributed by atoms with van der Waals surface area (Å²) in [4.78, 5) is 20.6. The van der Waals surface area contributed by atoms with Gasteiger partial charge in [-0.1, -0.05) is 29.1 Å². The average Bonchev–Trinajstić information content (AvgIpc) is 3.39. The number of carbonyl (C=O) groups excluding carboxylic acids is 1. The van der Waals surface area contributed by atoms with Gasteiger partial charge in [0.1, 0.15) is 5.82 Å². The van der Waals surface area contributed by atoms with Gasteiger partial charge >= 0.3 is 0 Å². The van der Waals surface area contributed by atoms with E-state index in [9.17, 15) is 9.18 Å². The molecule has 1 amide bonds. The molecule has 0 aliphatic heterocycles. The quantitative estimate of drug-likeness (QED) is 0.663. The lowest BCUT2D eigenvalue weighted by atomic mass is 10.3. The number of anilines is 1. The molecule has 0 saturated heterocycles. The monoisotopic (exact) mass is 370 g/mol. The van der Waals surface area contributed by atoms with E-state index in [1.807, 2.05) is 6.07 Å². The number of aromatic nitrogens is 3. The molecule has 1 aliphatic carbocycles. The van der Waals surface area contributed by atoms with Crippen molar-refractivity contribution in [3.8, 4) is 11.5 Å². The van der Waals surface area contributed by atoms with Gasteiger partial charge in [0.05, 0.1) is 22.0 Å². The van der Waals surface area contributed by atoms with Gasteiger partial charge in [0.15, 0.2) is 5.82 Å². The molecule has 1 N–H and O–H groups in total. The van der Waals surface area contributed by atoms with Crippen LogP contribution in [0, 0.1) is 5.82 Å². The van der Waals surface area contributed by atoms with Crippen LogP contribution in [0.25, 0.3) is 11.5 Å². The summed E-state index contributed by atoms with van der Waals surface area (Å²) in [6, 6.07) is 9.67. The molecule has 4 rings (SSSR count). The van der Waals surface area contributed by atoms with E-state index in [4.69, 9.17) is 4.52 Å². The molecule has 1 aromatic carbocycles. The molecule has 3 aromatic rings. The summed E-state index contributed by atoms with van der Waals surface area (Å²) in [6.45, 7) is 0. The van der Waals surface area contributed by atoms with Crippen LogP contribution in [-0.4, -0.2) is 26.8 Å². The summed E-state index contributed by atoms with van der Waals surface area (Å²) in [5, 5.41) is 7.20. The zero-order valence-corrected chi connectivity index (χ0v) is 14.5. The van der Waals surface area contributed by atoms with Crippen LogP contribution >= 0.6 is 11.8 Å². The van der Waals surface area contributed by atoms with Crippen molar-refractivity contribution >= 4 is 23.4 Å². The van der Waals surface area contributed by atoms with Gasteiger partial charge in [0.2, 0.25) is 5.91 Å². The Hall–Kier alpha value is -2.74. The summed E-state index contributed by atoms with van der Waals surface area (Å²) >= 11 is 1.27. The van der Waals surface area contributed by atoms with E-state index in [1.165, 1.54) is 23.9 Å². The molecule has 0 bridgehead atoms. The van der Waals surface area contributed by atoms with Crippen molar-refractivity contribution in [1.82, 2.24) is 15.1 Å². The Morgan fingerprint density at radius 2 is 2.12 bits per heavy atom. The molecular weight excluding hydrogens is 355 g/mol. The minimum absolute atomic E-state index is 0.132. The maximum absolute atomic E-state index is 13.5. The summed E-state index contributed by atoms with van der Waals surface area (Å²) < 4.78 is 18.8. The van der Waals surface area contributed by atoms with Crippen LogP contribution in [0.3, 0.4) is 0 Å². The Morgan fingerprint density at radius 3 is 2.85 bits per heavy atom. The van der Waals surface area contributed by atoms with E-state index in [0.29, 0.717) is 16.8 Å². The molecule has 0 radical (unpaired) electrons. The smallest absolute Gasteiger partial charge is 0.259 e. The van der Waals surface area contributed by atoms with Gasteiger partial charge in [0.25, 0.3) is 5.89 Å². The van der Waals surface area contributed by atoms with Crippen molar-refractivity contribution in [1.29, 1.82) is 0 Å². The number of thioether (sulfide) groups is 1. The first-order chi connectivity index (χ1) is 12.7. The second kappa shape index (κ2) is 7.25. The van der Waals surface area contributed by atoms with E-state index in [-0.39, 0.29) is 17.3 Å². The fourth-order valence-electron chi connectivity index (χ4n) is 2.34. The van der Waals surface area contributed by atoms with Crippen LogP contribution in [0.2, 0.25) is 0 Å². The minimum atomic E-state index is -0.460. The topological polar surface area (TPSA) is 80.9 Å². The number of rotatable bonds is 6. The van der Waals surface area contributed by atoms with Crippen molar-refractivity contribution < 1.29 is 13.7 Å². The zero-order valence-electron chi connectivity index (χ0n) is 13.7. The minimum Gasteiger partial charge on any atom is -0.334 e. The molecule has 2 heterocycles. The molecular formula is C18H15FN4O2S. The SMILES string of the molecule is O=C(CSc1ccc(-c2nc(C3CC3)no2)cn1)Nc1ccccc1F. The Morgan fingerprint density at radius 1 is 1.27 bits per heavy atom. The van der Waals surface area contributed by atoms with Gasteiger partial charge in [0, 0.05) is 12.1 Å². The van der Waals surface area contributed by atoms with Gasteiger partial charge < -0.3 is 9.84 Å². The van der Waals surface area contributed by atoms with E-state index < -0.39 is 5.82 Å². The van der Waals surface area contributed by atoms with Crippen molar-refractivity contribution in [2.24, 2.45) is 0 Å². The lowest BCUT2D eigenvalue weighted by Gasteiger charge is -2.05. The highest BCUT2D eigenvalue weighted by Gasteiger charge is 2.29. The van der Waals surface area contributed by atoms with Crippen LogP contribution < -0.4 is 5.32 Å². The Balaban J connectivity index is 1.33. The third kappa shape index (κ3) is 3.91. The van der Waals surface area contributed by atoms with Crippen LogP contribution in [0.15, 0.2) is 52.1 Å². The number of nitrogens with one attached hydrogen (secondary N) is 1. The van der Waals surface area contributed by atoms with Gasteiger partial charge in [-0.3, -0.25) is 4.79 Å². The third-order valence-corrected chi connectivity index (χ3v) is 4.81. The second-order valence-corrected chi connectivity index (χ2v) is 6.93. The van der Waals surface area contributed by atoms with E-state index in [1.54, 1.807) is 24.4 Å². The molecule has 8 heteroatoms. The molecule has 1 fully saturated rings. The summed E-state index contributed by atoms with van der Waals surface area (Å²) in [5.74, 6) is 1.02. The predicted molar refractivity (Wildman–Crippen MR) is 95.3 cm³/mol. The van der Waals surface area contributed by atoms with E-state index in [0.717, 1.165) is 24.2 Å². The lowest BCUT2D eigenvalue weighted by molar-refractivity contribution is -0.113. The number of benzene rings is 1. The normalized spacial score (nSPS) is 13.6. The predicted octanol–water partition coefficient (Wildman–Crippen LogP) is 3.88. The van der Waals surface area contributed by atoms with E-state index >= 15 is 0 Å². The molecule has 2 aromatic heterocycles. The lowest BCUT2D eigenvalue weighted by Crippen LogP contribution is -2.15. The number of nitrogens with zero attached hydrogens (tertiary/aromatic N) is 3. The van der Waals surface area contributed by atoms with Crippen LogP contribution in [-0.2, 0) is 4.79 Å². The van der Waals surface area contributed by atoms with Crippen LogP contribution in [0.1, 0.15) is 24.6 Å². The Kier molecular flexibility index (Phi) is 4.66.